The van der Waals surface area contributed by atoms with Crippen LogP contribution in [-0.2, 0) is 11.2 Å². The first-order chi connectivity index (χ1) is 13.9. The van der Waals surface area contributed by atoms with Gasteiger partial charge in [-0.3, -0.25) is 4.79 Å². The lowest BCUT2D eigenvalue weighted by molar-refractivity contribution is -0.407. The van der Waals surface area contributed by atoms with Crippen molar-refractivity contribution in [3.8, 4) is 5.75 Å². The fourth-order valence-electron chi connectivity index (χ4n) is 2.11. The van der Waals surface area contributed by atoms with Crippen molar-refractivity contribution in [2.75, 3.05) is 13.7 Å². The second kappa shape index (κ2) is 8.65. The molecular weight excluding hydrogens is 466 g/mol. The normalized spacial score (nSPS) is 14.0. The van der Waals surface area contributed by atoms with E-state index >= 15 is 0 Å². The van der Waals surface area contributed by atoms with E-state index in [0.717, 1.165) is 5.32 Å². The van der Waals surface area contributed by atoms with E-state index < -0.39 is 48.5 Å². The lowest BCUT2D eigenvalue weighted by Gasteiger charge is -2.38. The van der Waals surface area contributed by atoms with E-state index in [9.17, 15) is 57.5 Å². The Morgan fingerprint density at radius 3 is 1.77 bits per heavy atom. The zero-order valence-corrected chi connectivity index (χ0v) is 15.2. The molecule has 0 radical (unpaired) electrons. The Kier molecular flexibility index (Phi) is 7.45. The molecule has 0 aromatic heterocycles. The van der Waals surface area contributed by atoms with Gasteiger partial charge >= 0.3 is 36.0 Å². The minimum absolute atomic E-state index is 0.310. The number of benzene rings is 1. The summed E-state index contributed by atoms with van der Waals surface area (Å²) in [5.41, 5.74) is 0.310. The smallest absolute Gasteiger partial charge is 0.392 e. The molecule has 0 bridgehead atoms. The quantitative estimate of drug-likeness (QED) is 0.490. The maximum Gasteiger partial charge on any atom is 0.392 e. The molecule has 1 aromatic carbocycles. The van der Waals surface area contributed by atoms with Gasteiger partial charge in [-0.1, -0.05) is 12.1 Å². The van der Waals surface area contributed by atoms with Crippen LogP contribution >= 0.6 is 0 Å². The summed E-state index contributed by atoms with van der Waals surface area (Å²) in [7, 11) is 1.31. The van der Waals surface area contributed by atoms with Gasteiger partial charge in [0.2, 0.25) is 0 Å². The Bertz CT molecular complexity index is 764. The Balaban J connectivity index is 3.03. The third-order valence-corrected chi connectivity index (χ3v) is 4.02. The fraction of sp³-hybridized carbons (Fsp3) is 0.562. The SMILES string of the molecule is COc1ccc(CCNC(=O)C(F)(F)C(F)(F)C(F)(F)C(F)(F)C(F)(F)C(F)F)cc1. The predicted molar refractivity (Wildman–Crippen MR) is 80.4 cm³/mol. The van der Waals surface area contributed by atoms with Crippen molar-refractivity contribution < 1.29 is 62.2 Å². The summed E-state index contributed by atoms with van der Waals surface area (Å²) in [6, 6.07) is 5.45. The molecule has 178 valence electrons. The van der Waals surface area contributed by atoms with E-state index in [1.807, 2.05) is 0 Å². The van der Waals surface area contributed by atoms with Crippen LogP contribution in [0, 0.1) is 0 Å². The molecule has 15 heteroatoms. The van der Waals surface area contributed by atoms with Crippen molar-refractivity contribution in [2.45, 2.75) is 42.5 Å². The van der Waals surface area contributed by atoms with Crippen molar-refractivity contribution >= 4 is 5.91 Å². The first-order valence-corrected chi connectivity index (χ1v) is 7.96. The van der Waals surface area contributed by atoms with Gasteiger partial charge in [0.05, 0.1) is 7.11 Å². The highest BCUT2D eigenvalue weighted by molar-refractivity contribution is 5.84. The number of amides is 1. The number of hydrogen-bond acceptors (Lipinski definition) is 2. The van der Waals surface area contributed by atoms with Gasteiger partial charge in [-0.05, 0) is 24.1 Å². The molecule has 0 fully saturated rings. The monoisotopic (exact) mass is 479 g/mol. The maximum absolute atomic E-state index is 13.6. The van der Waals surface area contributed by atoms with Crippen molar-refractivity contribution in [3.63, 3.8) is 0 Å². The zero-order chi connectivity index (χ0) is 24.5. The molecule has 0 spiro atoms. The summed E-state index contributed by atoms with van der Waals surface area (Å²) in [5.74, 6) is -39.5. The molecule has 31 heavy (non-hydrogen) atoms. The molecule has 3 nitrogen and oxygen atoms in total. The molecule has 0 aliphatic heterocycles. The van der Waals surface area contributed by atoms with Crippen molar-refractivity contribution in [1.82, 2.24) is 5.32 Å². The number of hydrogen-bond donors (Lipinski definition) is 1. The van der Waals surface area contributed by atoms with E-state index in [1.165, 1.54) is 31.4 Å². The van der Waals surface area contributed by atoms with Crippen LogP contribution in [0.3, 0.4) is 0 Å². The largest absolute Gasteiger partial charge is 0.497 e. The number of alkyl halides is 12. The van der Waals surface area contributed by atoms with Crippen LogP contribution in [-0.4, -0.2) is 55.6 Å². The number of nitrogens with one attached hydrogen (secondary N) is 1. The van der Waals surface area contributed by atoms with Gasteiger partial charge in [0.15, 0.2) is 0 Å². The lowest BCUT2D eigenvalue weighted by Crippen LogP contribution is -2.70. The number of carbonyl (C=O) groups is 1. The van der Waals surface area contributed by atoms with Gasteiger partial charge in [0.1, 0.15) is 5.75 Å². The van der Waals surface area contributed by atoms with E-state index in [0.29, 0.717) is 11.3 Å². The second-order valence-electron chi connectivity index (χ2n) is 6.08. The molecule has 0 unspecified atom stereocenters. The van der Waals surface area contributed by atoms with Crippen molar-refractivity contribution in [1.29, 1.82) is 0 Å². The van der Waals surface area contributed by atoms with Crippen LogP contribution < -0.4 is 10.1 Å². The van der Waals surface area contributed by atoms with Crippen LogP contribution in [0.5, 0.6) is 5.75 Å². The zero-order valence-electron chi connectivity index (χ0n) is 15.2. The number of methoxy groups -OCH3 is 1. The molecule has 1 aromatic rings. The molecule has 0 saturated heterocycles. The molecule has 0 aliphatic carbocycles. The predicted octanol–water partition coefficient (Wildman–Crippen LogP) is 4.80. The first-order valence-electron chi connectivity index (χ1n) is 7.96. The van der Waals surface area contributed by atoms with E-state index in [-0.39, 0.29) is 6.42 Å². The van der Waals surface area contributed by atoms with Crippen LogP contribution in [0.25, 0.3) is 0 Å². The van der Waals surface area contributed by atoms with E-state index in [4.69, 9.17) is 4.74 Å². The standard InChI is InChI=1S/C16H13F12NO2/c1-31-9-4-2-8(3-5-9)6-7-29-11(30)13(21,22)15(25,26)16(27,28)14(23,24)12(19,20)10(17)18/h2-5,10H,6-7H2,1H3,(H,29,30). The Morgan fingerprint density at radius 1 is 0.871 bits per heavy atom. The Hall–Kier alpha value is -2.35. The summed E-state index contributed by atoms with van der Waals surface area (Å²) >= 11 is 0. The maximum atomic E-state index is 13.6. The average Bonchev–Trinajstić information content (AvgIpc) is 2.67. The third-order valence-electron chi connectivity index (χ3n) is 4.02. The van der Waals surface area contributed by atoms with Gasteiger partial charge in [-0.25, -0.2) is 8.78 Å². The molecule has 0 heterocycles. The van der Waals surface area contributed by atoms with Gasteiger partial charge in [-0.2, -0.15) is 43.9 Å². The molecule has 1 rings (SSSR count). The minimum atomic E-state index is -7.74. The first kappa shape index (κ1) is 26.7. The third kappa shape index (κ3) is 4.49. The highest BCUT2D eigenvalue weighted by Crippen LogP contribution is 2.58. The molecule has 0 aliphatic rings. The summed E-state index contributed by atoms with van der Waals surface area (Å²) in [5, 5.41) is 1.08. The van der Waals surface area contributed by atoms with Crippen LogP contribution in [0.4, 0.5) is 52.7 Å². The molecule has 0 atom stereocenters. The molecule has 1 N–H and O–H groups in total. The highest BCUT2D eigenvalue weighted by Gasteiger charge is 2.89. The van der Waals surface area contributed by atoms with Gasteiger partial charge in [-0.15, -0.1) is 0 Å². The topological polar surface area (TPSA) is 38.3 Å². The Labute approximate surface area is 166 Å². The van der Waals surface area contributed by atoms with Crippen molar-refractivity contribution in [3.05, 3.63) is 29.8 Å². The van der Waals surface area contributed by atoms with E-state index in [2.05, 4.69) is 0 Å². The van der Waals surface area contributed by atoms with Crippen LogP contribution in [0.2, 0.25) is 0 Å². The molecule has 1 amide bonds. The number of halogens is 12. The van der Waals surface area contributed by atoms with Crippen LogP contribution in [0.15, 0.2) is 24.3 Å². The Morgan fingerprint density at radius 2 is 1.35 bits per heavy atom. The fourth-order valence-corrected chi connectivity index (χ4v) is 2.11. The van der Waals surface area contributed by atoms with Crippen LogP contribution in [0.1, 0.15) is 5.56 Å². The summed E-state index contributed by atoms with van der Waals surface area (Å²) in [6.07, 6.45) is -5.93. The number of rotatable bonds is 10. The van der Waals surface area contributed by atoms with E-state index in [1.54, 1.807) is 0 Å². The number of ether oxygens (including phenoxy) is 1. The second-order valence-corrected chi connectivity index (χ2v) is 6.08. The molecular formula is C16H13F12NO2. The van der Waals surface area contributed by atoms with Gasteiger partial charge in [0.25, 0.3) is 5.91 Å². The minimum Gasteiger partial charge on any atom is -0.497 e. The highest BCUT2D eigenvalue weighted by atomic mass is 19.4. The number of carbonyl (C=O) groups excluding carboxylic acids is 1. The lowest BCUT2D eigenvalue weighted by atomic mass is 9.94. The summed E-state index contributed by atoms with van der Waals surface area (Å²) in [6.45, 7) is -0.883. The van der Waals surface area contributed by atoms with Crippen molar-refractivity contribution in [2.24, 2.45) is 0 Å². The van der Waals surface area contributed by atoms with Gasteiger partial charge < -0.3 is 10.1 Å². The summed E-state index contributed by atoms with van der Waals surface area (Å²) < 4.78 is 161. The molecule has 0 saturated carbocycles. The summed E-state index contributed by atoms with van der Waals surface area (Å²) in [4.78, 5) is 11.3. The van der Waals surface area contributed by atoms with Gasteiger partial charge in [0, 0.05) is 6.54 Å². The average molecular weight is 479 g/mol.